The van der Waals surface area contributed by atoms with E-state index in [0.717, 1.165) is 0 Å². The Morgan fingerprint density at radius 1 is 1.45 bits per heavy atom. The summed E-state index contributed by atoms with van der Waals surface area (Å²) >= 11 is 5.40. The molecule has 1 amide bonds. The van der Waals surface area contributed by atoms with Crippen LogP contribution in [0.5, 0.6) is 0 Å². The molecule has 1 N–H and O–H groups in total. The summed E-state index contributed by atoms with van der Waals surface area (Å²) in [5.74, 6) is 0.564. The van der Waals surface area contributed by atoms with Crippen molar-refractivity contribution in [3.63, 3.8) is 0 Å². The van der Waals surface area contributed by atoms with Gasteiger partial charge in [0, 0.05) is 18.8 Å². The molecule has 0 saturated heterocycles. The first-order valence-electron chi connectivity index (χ1n) is 3.78. The summed E-state index contributed by atoms with van der Waals surface area (Å²) in [6, 6.07) is 0. The minimum Gasteiger partial charge on any atom is -0.355 e. The number of hydrogen-bond acceptors (Lipinski definition) is 1. The van der Waals surface area contributed by atoms with E-state index >= 15 is 0 Å². The molecule has 0 rings (SSSR count). The van der Waals surface area contributed by atoms with Crippen LogP contribution in [-0.2, 0) is 4.79 Å². The van der Waals surface area contributed by atoms with Crippen molar-refractivity contribution in [2.24, 2.45) is 5.41 Å². The minimum atomic E-state index is 0.0659. The van der Waals surface area contributed by atoms with E-state index in [9.17, 15) is 4.79 Å². The van der Waals surface area contributed by atoms with Crippen LogP contribution in [0.3, 0.4) is 0 Å². The Morgan fingerprint density at radius 3 is 2.36 bits per heavy atom. The number of carbonyl (C=O) groups excluding carboxylic acids is 1. The number of alkyl halides is 1. The van der Waals surface area contributed by atoms with E-state index in [4.69, 9.17) is 11.6 Å². The molecular weight excluding hydrogens is 162 g/mol. The van der Waals surface area contributed by atoms with Crippen LogP contribution in [0.25, 0.3) is 0 Å². The molecule has 0 saturated carbocycles. The Morgan fingerprint density at radius 2 is 2.00 bits per heavy atom. The lowest BCUT2D eigenvalue weighted by molar-refractivity contribution is -0.122. The molecule has 11 heavy (non-hydrogen) atoms. The second-order valence-electron chi connectivity index (χ2n) is 3.78. The Balaban J connectivity index is 3.53. The molecule has 0 bridgehead atoms. The smallest absolute Gasteiger partial charge is 0.220 e. The van der Waals surface area contributed by atoms with Crippen molar-refractivity contribution < 1.29 is 4.79 Å². The van der Waals surface area contributed by atoms with Gasteiger partial charge in [0.15, 0.2) is 0 Å². The van der Waals surface area contributed by atoms with Crippen molar-refractivity contribution in [1.82, 2.24) is 5.32 Å². The van der Waals surface area contributed by atoms with Gasteiger partial charge in [-0.15, -0.1) is 11.6 Å². The molecule has 0 aromatic rings. The number of rotatable bonds is 3. The lowest BCUT2D eigenvalue weighted by Gasteiger charge is -2.16. The third kappa shape index (κ3) is 7.66. The van der Waals surface area contributed by atoms with Gasteiger partial charge in [-0.3, -0.25) is 4.79 Å². The molecule has 0 fully saturated rings. The van der Waals surface area contributed by atoms with Gasteiger partial charge in [-0.05, 0) is 5.41 Å². The van der Waals surface area contributed by atoms with Crippen molar-refractivity contribution in [3.05, 3.63) is 0 Å². The number of carbonyl (C=O) groups is 1. The molecule has 0 aromatic carbocycles. The van der Waals surface area contributed by atoms with Crippen molar-refractivity contribution in [3.8, 4) is 0 Å². The first kappa shape index (κ1) is 10.8. The summed E-state index contributed by atoms with van der Waals surface area (Å²) < 4.78 is 0. The van der Waals surface area contributed by atoms with Crippen molar-refractivity contribution in [2.75, 3.05) is 12.4 Å². The molecule has 2 nitrogen and oxygen atoms in total. The second-order valence-corrected chi connectivity index (χ2v) is 4.15. The summed E-state index contributed by atoms with van der Waals surface area (Å²) in [4.78, 5) is 11.0. The highest BCUT2D eigenvalue weighted by Gasteiger charge is 2.14. The number of nitrogens with one attached hydrogen (secondary N) is 1. The normalized spacial score (nSPS) is 11.3. The number of amides is 1. The van der Waals surface area contributed by atoms with E-state index in [1.807, 2.05) is 20.8 Å². The molecule has 0 spiro atoms. The van der Waals surface area contributed by atoms with Gasteiger partial charge in [-0.2, -0.15) is 0 Å². The lowest BCUT2D eigenvalue weighted by atomic mass is 9.92. The maximum Gasteiger partial charge on any atom is 0.220 e. The van der Waals surface area contributed by atoms with Crippen molar-refractivity contribution in [2.45, 2.75) is 27.2 Å². The highest BCUT2D eigenvalue weighted by atomic mass is 35.5. The fourth-order valence-corrected chi connectivity index (χ4v) is 0.825. The molecular formula is C8H16ClNO. The molecule has 0 unspecified atom stereocenters. The second kappa shape index (κ2) is 4.60. The maximum atomic E-state index is 11.0. The maximum absolute atomic E-state index is 11.0. The summed E-state index contributed by atoms with van der Waals surface area (Å²) in [6.45, 7) is 6.67. The fraction of sp³-hybridized carbons (Fsp3) is 0.875. The first-order chi connectivity index (χ1) is 4.95. The minimum absolute atomic E-state index is 0.0659. The average molecular weight is 178 g/mol. The van der Waals surface area contributed by atoms with E-state index in [1.54, 1.807) is 0 Å². The topological polar surface area (TPSA) is 29.1 Å². The molecule has 0 aliphatic carbocycles. The van der Waals surface area contributed by atoms with E-state index in [2.05, 4.69) is 5.32 Å². The average Bonchev–Trinajstić information content (AvgIpc) is 1.79. The summed E-state index contributed by atoms with van der Waals surface area (Å²) in [5, 5.41) is 2.72. The zero-order chi connectivity index (χ0) is 8.91. The molecule has 3 heteroatoms. The first-order valence-corrected chi connectivity index (χ1v) is 4.32. The van der Waals surface area contributed by atoms with Crippen molar-refractivity contribution in [1.29, 1.82) is 0 Å². The SMILES string of the molecule is CC(C)(C)CC(=O)NCCCl. The van der Waals surface area contributed by atoms with Crippen molar-refractivity contribution >= 4 is 17.5 Å². The molecule has 0 aromatic heterocycles. The summed E-state index contributed by atoms with van der Waals surface area (Å²) in [5.41, 5.74) is 0.0659. The van der Waals surface area contributed by atoms with Crippen LogP contribution < -0.4 is 5.32 Å². The molecule has 0 atom stereocenters. The van der Waals surface area contributed by atoms with Crippen LogP contribution >= 0.6 is 11.6 Å². The quantitative estimate of drug-likeness (QED) is 0.655. The summed E-state index contributed by atoms with van der Waals surface area (Å²) in [6.07, 6.45) is 0.559. The van der Waals surface area contributed by atoms with E-state index < -0.39 is 0 Å². The van der Waals surface area contributed by atoms with Gasteiger partial charge in [-0.25, -0.2) is 0 Å². The molecule has 0 heterocycles. The fourth-order valence-electron chi connectivity index (χ4n) is 0.731. The van der Waals surface area contributed by atoms with Gasteiger partial charge in [-0.1, -0.05) is 20.8 Å². The third-order valence-corrected chi connectivity index (χ3v) is 1.30. The number of halogens is 1. The van der Waals surface area contributed by atoms with Crippen LogP contribution in [-0.4, -0.2) is 18.3 Å². The monoisotopic (exact) mass is 177 g/mol. The van der Waals surface area contributed by atoms with E-state index in [-0.39, 0.29) is 11.3 Å². The lowest BCUT2D eigenvalue weighted by Crippen LogP contribution is -2.28. The van der Waals surface area contributed by atoms with Gasteiger partial charge in [0.05, 0.1) is 0 Å². The van der Waals surface area contributed by atoms with Crippen LogP contribution in [0.4, 0.5) is 0 Å². The van der Waals surface area contributed by atoms with Gasteiger partial charge in [0.1, 0.15) is 0 Å². The highest BCUT2D eigenvalue weighted by molar-refractivity contribution is 6.18. The van der Waals surface area contributed by atoms with E-state index in [1.165, 1.54) is 0 Å². The molecule has 0 radical (unpaired) electrons. The Kier molecular flexibility index (Phi) is 4.50. The molecule has 0 aliphatic heterocycles. The number of hydrogen-bond donors (Lipinski definition) is 1. The Bertz CT molecular complexity index is 129. The zero-order valence-electron chi connectivity index (χ0n) is 7.41. The summed E-state index contributed by atoms with van der Waals surface area (Å²) in [7, 11) is 0. The predicted octanol–water partition coefficient (Wildman–Crippen LogP) is 1.78. The van der Waals surface area contributed by atoms with Crippen LogP contribution in [0.2, 0.25) is 0 Å². The largest absolute Gasteiger partial charge is 0.355 e. The zero-order valence-corrected chi connectivity index (χ0v) is 8.16. The van der Waals surface area contributed by atoms with Crippen LogP contribution in [0, 0.1) is 5.41 Å². The Labute approximate surface area is 73.3 Å². The standard InChI is InChI=1S/C8H16ClNO/c1-8(2,3)6-7(11)10-5-4-9/h4-6H2,1-3H3,(H,10,11). The van der Waals surface area contributed by atoms with Gasteiger partial charge < -0.3 is 5.32 Å². The van der Waals surface area contributed by atoms with Gasteiger partial charge in [0.2, 0.25) is 5.91 Å². The van der Waals surface area contributed by atoms with E-state index in [0.29, 0.717) is 18.8 Å². The van der Waals surface area contributed by atoms with Gasteiger partial charge >= 0.3 is 0 Å². The third-order valence-electron chi connectivity index (χ3n) is 1.11. The van der Waals surface area contributed by atoms with Crippen LogP contribution in [0.15, 0.2) is 0 Å². The Hall–Kier alpha value is -0.240. The van der Waals surface area contributed by atoms with Crippen LogP contribution in [0.1, 0.15) is 27.2 Å². The molecule has 0 aliphatic rings. The van der Waals surface area contributed by atoms with Gasteiger partial charge in [0.25, 0.3) is 0 Å². The predicted molar refractivity (Wildman–Crippen MR) is 47.8 cm³/mol. The molecule has 66 valence electrons. The highest BCUT2D eigenvalue weighted by Crippen LogP contribution is 2.17.